The highest BCUT2D eigenvalue weighted by molar-refractivity contribution is 7.09. The molecular formula is C19H27ClN2S. The molecule has 1 fully saturated rings. The predicted molar refractivity (Wildman–Crippen MR) is 102 cm³/mol. The van der Waals surface area contributed by atoms with Crippen LogP contribution in [0.5, 0.6) is 0 Å². The van der Waals surface area contributed by atoms with Gasteiger partial charge < -0.3 is 5.32 Å². The van der Waals surface area contributed by atoms with Crippen LogP contribution in [0.3, 0.4) is 0 Å². The molecule has 126 valence electrons. The van der Waals surface area contributed by atoms with Crippen LogP contribution in [0.2, 0.25) is 0 Å². The number of hydrogen-bond acceptors (Lipinski definition) is 3. The van der Waals surface area contributed by atoms with Gasteiger partial charge in [0.15, 0.2) is 0 Å². The molecule has 1 aliphatic rings. The lowest BCUT2D eigenvalue weighted by Crippen LogP contribution is -2.26. The summed E-state index contributed by atoms with van der Waals surface area (Å²) in [5, 5.41) is 7.08. The van der Waals surface area contributed by atoms with Gasteiger partial charge in [-0.25, -0.2) is 4.98 Å². The molecule has 1 N–H and O–H groups in total. The molecule has 0 aliphatic carbocycles. The molecular weight excluding hydrogens is 324 g/mol. The van der Waals surface area contributed by atoms with Gasteiger partial charge in [-0.15, -0.1) is 23.7 Å². The topological polar surface area (TPSA) is 24.9 Å². The SMILES string of the molecule is CC(CCCc1csc(C2CCNCC2)n1)c1ccccc1.Cl. The third-order valence-electron chi connectivity index (χ3n) is 4.70. The smallest absolute Gasteiger partial charge is 0.0960 e. The number of nitrogens with zero attached hydrogens (tertiary/aromatic N) is 1. The lowest BCUT2D eigenvalue weighted by molar-refractivity contribution is 0.458. The molecule has 23 heavy (non-hydrogen) atoms. The van der Waals surface area contributed by atoms with Crippen molar-refractivity contribution in [2.45, 2.75) is 50.9 Å². The number of halogens is 1. The van der Waals surface area contributed by atoms with E-state index in [1.165, 1.54) is 41.9 Å². The van der Waals surface area contributed by atoms with Gasteiger partial charge in [0.25, 0.3) is 0 Å². The van der Waals surface area contributed by atoms with Crippen molar-refractivity contribution in [3.05, 3.63) is 52.0 Å². The van der Waals surface area contributed by atoms with Gasteiger partial charge in [-0.1, -0.05) is 37.3 Å². The zero-order valence-corrected chi connectivity index (χ0v) is 15.5. The third kappa shape index (κ3) is 5.30. The quantitative estimate of drug-likeness (QED) is 0.778. The minimum Gasteiger partial charge on any atom is -0.317 e. The van der Waals surface area contributed by atoms with E-state index in [0.717, 1.165) is 19.5 Å². The Morgan fingerprint density at radius 1 is 1.22 bits per heavy atom. The maximum absolute atomic E-state index is 4.89. The van der Waals surface area contributed by atoms with E-state index in [9.17, 15) is 0 Å². The maximum Gasteiger partial charge on any atom is 0.0960 e. The van der Waals surface area contributed by atoms with Crippen LogP contribution in [0.1, 0.15) is 60.7 Å². The Morgan fingerprint density at radius 3 is 2.70 bits per heavy atom. The van der Waals surface area contributed by atoms with Crippen LogP contribution < -0.4 is 5.32 Å². The summed E-state index contributed by atoms with van der Waals surface area (Å²) in [4.78, 5) is 4.89. The predicted octanol–water partition coefficient (Wildman–Crippen LogP) is 5.16. The summed E-state index contributed by atoms with van der Waals surface area (Å²) < 4.78 is 0. The number of thiazole rings is 1. The molecule has 2 heterocycles. The van der Waals surface area contributed by atoms with Gasteiger partial charge in [-0.05, 0) is 56.7 Å². The Balaban J connectivity index is 0.00000192. The average Bonchev–Trinajstić information content (AvgIpc) is 3.05. The zero-order chi connectivity index (χ0) is 15.2. The molecule has 1 aromatic carbocycles. The highest BCUT2D eigenvalue weighted by Gasteiger charge is 2.18. The van der Waals surface area contributed by atoms with E-state index < -0.39 is 0 Å². The van der Waals surface area contributed by atoms with Crippen molar-refractivity contribution < 1.29 is 0 Å². The monoisotopic (exact) mass is 350 g/mol. The Hall–Kier alpha value is -0.900. The van der Waals surface area contributed by atoms with Crippen LogP contribution in [-0.2, 0) is 6.42 Å². The molecule has 3 rings (SSSR count). The largest absolute Gasteiger partial charge is 0.317 e. The molecule has 1 aliphatic heterocycles. The zero-order valence-electron chi connectivity index (χ0n) is 13.8. The first-order chi connectivity index (χ1) is 10.8. The lowest BCUT2D eigenvalue weighted by atomic mass is 9.95. The highest BCUT2D eigenvalue weighted by Crippen LogP contribution is 2.28. The summed E-state index contributed by atoms with van der Waals surface area (Å²) in [7, 11) is 0. The number of nitrogens with one attached hydrogen (secondary N) is 1. The van der Waals surface area contributed by atoms with E-state index >= 15 is 0 Å². The van der Waals surface area contributed by atoms with Crippen molar-refractivity contribution in [2.75, 3.05) is 13.1 Å². The van der Waals surface area contributed by atoms with E-state index in [1.54, 1.807) is 0 Å². The maximum atomic E-state index is 4.89. The van der Waals surface area contributed by atoms with Gasteiger partial charge in [0.05, 0.1) is 10.7 Å². The van der Waals surface area contributed by atoms with E-state index in [0.29, 0.717) is 11.8 Å². The van der Waals surface area contributed by atoms with Crippen molar-refractivity contribution in [1.29, 1.82) is 0 Å². The van der Waals surface area contributed by atoms with Crippen molar-refractivity contribution in [1.82, 2.24) is 10.3 Å². The summed E-state index contributed by atoms with van der Waals surface area (Å²) >= 11 is 1.87. The molecule has 1 atom stereocenters. The number of aryl methyl sites for hydroxylation is 1. The van der Waals surface area contributed by atoms with Crippen LogP contribution in [0.4, 0.5) is 0 Å². The second-order valence-electron chi connectivity index (χ2n) is 6.41. The average molecular weight is 351 g/mol. The summed E-state index contributed by atoms with van der Waals surface area (Å²) in [6.45, 7) is 4.62. The molecule has 4 heteroatoms. The van der Waals surface area contributed by atoms with Gasteiger partial charge >= 0.3 is 0 Å². The highest BCUT2D eigenvalue weighted by atomic mass is 35.5. The Kier molecular flexibility index (Phi) is 7.54. The molecule has 0 amide bonds. The third-order valence-corrected chi connectivity index (χ3v) is 5.75. The van der Waals surface area contributed by atoms with Crippen molar-refractivity contribution in [2.24, 2.45) is 0 Å². The van der Waals surface area contributed by atoms with Crippen LogP contribution in [0, 0.1) is 0 Å². The molecule has 1 saturated heterocycles. The van der Waals surface area contributed by atoms with Crippen LogP contribution in [0.15, 0.2) is 35.7 Å². The van der Waals surface area contributed by atoms with Gasteiger partial charge in [-0.3, -0.25) is 0 Å². The fraction of sp³-hybridized carbons (Fsp3) is 0.526. The number of piperidine rings is 1. The van der Waals surface area contributed by atoms with Crippen molar-refractivity contribution in [3.8, 4) is 0 Å². The fourth-order valence-electron chi connectivity index (χ4n) is 3.23. The second-order valence-corrected chi connectivity index (χ2v) is 7.29. The van der Waals surface area contributed by atoms with Crippen LogP contribution >= 0.6 is 23.7 Å². The first-order valence-corrected chi connectivity index (χ1v) is 9.41. The summed E-state index contributed by atoms with van der Waals surface area (Å²) in [5.41, 5.74) is 2.76. The number of benzene rings is 1. The molecule has 0 saturated carbocycles. The lowest BCUT2D eigenvalue weighted by Gasteiger charge is -2.20. The van der Waals surface area contributed by atoms with Crippen LogP contribution in [-0.4, -0.2) is 18.1 Å². The number of rotatable bonds is 6. The normalized spacial score (nSPS) is 16.7. The van der Waals surface area contributed by atoms with E-state index in [2.05, 4.69) is 48.0 Å². The molecule has 0 spiro atoms. The van der Waals surface area contributed by atoms with Gasteiger partial charge in [-0.2, -0.15) is 0 Å². The minimum atomic E-state index is 0. The summed E-state index contributed by atoms with van der Waals surface area (Å²) in [6.07, 6.45) is 6.09. The van der Waals surface area contributed by atoms with Gasteiger partial charge in [0, 0.05) is 11.3 Å². The molecule has 0 radical (unpaired) electrons. The Labute approximate surface area is 150 Å². The minimum absolute atomic E-state index is 0. The van der Waals surface area contributed by atoms with E-state index in [-0.39, 0.29) is 12.4 Å². The van der Waals surface area contributed by atoms with E-state index in [1.807, 2.05) is 11.3 Å². The van der Waals surface area contributed by atoms with Crippen molar-refractivity contribution in [3.63, 3.8) is 0 Å². The molecule has 2 nitrogen and oxygen atoms in total. The molecule has 2 aromatic rings. The van der Waals surface area contributed by atoms with Gasteiger partial charge in [0.1, 0.15) is 0 Å². The fourth-order valence-corrected chi connectivity index (χ4v) is 4.26. The standard InChI is InChI=1S/C19H26N2S.ClH/c1-15(16-7-3-2-4-8-16)6-5-9-18-14-22-19(21-18)17-10-12-20-13-11-17;/h2-4,7-8,14-15,17,20H,5-6,9-13H2,1H3;1H. The Bertz CT molecular complexity index is 564. The molecule has 1 unspecified atom stereocenters. The first kappa shape index (κ1) is 18.4. The number of aromatic nitrogens is 1. The van der Waals surface area contributed by atoms with Gasteiger partial charge in [0.2, 0.25) is 0 Å². The van der Waals surface area contributed by atoms with Crippen LogP contribution in [0.25, 0.3) is 0 Å². The number of hydrogen-bond donors (Lipinski definition) is 1. The summed E-state index contributed by atoms with van der Waals surface area (Å²) in [6, 6.07) is 10.8. The van der Waals surface area contributed by atoms with Crippen molar-refractivity contribution >= 4 is 23.7 Å². The van der Waals surface area contributed by atoms with E-state index in [4.69, 9.17) is 4.98 Å². The first-order valence-electron chi connectivity index (χ1n) is 8.53. The molecule has 1 aromatic heterocycles. The second kappa shape index (κ2) is 9.41. The Morgan fingerprint density at radius 2 is 1.96 bits per heavy atom. The summed E-state index contributed by atoms with van der Waals surface area (Å²) in [5.74, 6) is 1.34. The molecule has 0 bridgehead atoms.